The van der Waals surface area contributed by atoms with Crippen LogP contribution in [0, 0.1) is 0 Å². The molecule has 1 N–H and O–H groups in total. The van der Waals surface area contributed by atoms with Gasteiger partial charge in [0.1, 0.15) is 0 Å². The van der Waals surface area contributed by atoms with E-state index >= 15 is 0 Å². The maximum atomic E-state index is 12.2. The molecule has 0 radical (unpaired) electrons. The number of hydrogen-bond acceptors (Lipinski definition) is 7. The van der Waals surface area contributed by atoms with Gasteiger partial charge in [0.15, 0.2) is 6.61 Å². The van der Waals surface area contributed by atoms with Crippen LogP contribution in [-0.2, 0) is 9.53 Å². The zero-order chi connectivity index (χ0) is 21.5. The first-order chi connectivity index (χ1) is 15.2. The summed E-state index contributed by atoms with van der Waals surface area (Å²) in [7, 11) is 0. The fourth-order valence-corrected chi connectivity index (χ4v) is 2.72. The number of carbonyl (C=O) groups excluding carboxylic acids is 2. The highest BCUT2D eigenvalue weighted by atomic mass is 16.5. The van der Waals surface area contributed by atoms with Crippen LogP contribution >= 0.6 is 0 Å². The zero-order valence-corrected chi connectivity index (χ0v) is 16.3. The van der Waals surface area contributed by atoms with Gasteiger partial charge in [-0.05, 0) is 54.6 Å². The number of rotatable bonds is 6. The van der Waals surface area contributed by atoms with Crippen molar-refractivity contribution in [3.05, 3.63) is 90.8 Å². The van der Waals surface area contributed by atoms with Gasteiger partial charge in [0.25, 0.3) is 5.91 Å². The Morgan fingerprint density at radius 1 is 0.806 bits per heavy atom. The van der Waals surface area contributed by atoms with Crippen LogP contribution in [0.4, 0.5) is 17.1 Å². The van der Waals surface area contributed by atoms with Gasteiger partial charge in [0, 0.05) is 18.1 Å². The van der Waals surface area contributed by atoms with Crippen LogP contribution < -0.4 is 5.32 Å². The van der Waals surface area contributed by atoms with Gasteiger partial charge in [0.05, 0.1) is 28.0 Å². The van der Waals surface area contributed by atoms with Crippen LogP contribution in [0.5, 0.6) is 0 Å². The van der Waals surface area contributed by atoms with Gasteiger partial charge >= 0.3 is 5.97 Å². The second-order valence-corrected chi connectivity index (χ2v) is 6.47. The summed E-state index contributed by atoms with van der Waals surface area (Å²) in [5, 5.41) is 10.9. The van der Waals surface area contributed by atoms with Gasteiger partial charge in [-0.25, -0.2) is 4.79 Å². The van der Waals surface area contributed by atoms with E-state index in [1.165, 1.54) is 0 Å². The molecule has 4 aromatic rings. The van der Waals surface area contributed by atoms with E-state index in [4.69, 9.17) is 4.74 Å². The Bertz CT molecular complexity index is 1240. The monoisotopic (exact) mass is 411 g/mol. The quantitative estimate of drug-likeness (QED) is 0.361. The zero-order valence-electron chi connectivity index (χ0n) is 16.3. The first kappa shape index (κ1) is 19.8. The summed E-state index contributed by atoms with van der Waals surface area (Å²) in [6.07, 6.45) is 3.11. The minimum atomic E-state index is -0.612. The number of azo groups is 1. The molecule has 0 fully saturated rings. The van der Waals surface area contributed by atoms with Gasteiger partial charge in [-0.1, -0.05) is 18.2 Å². The lowest BCUT2D eigenvalue weighted by atomic mass is 10.2. The molecular formula is C23H17N5O3. The summed E-state index contributed by atoms with van der Waals surface area (Å²) in [5.41, 5.74) is 3.50. The number of ether oxygens (including phenoxy) is 1. The van der Waals surface area contributed by atoms with E-state index in [0.29, 0.717) is 28.0 Å². The van der Waals surface area contributed by atoms with Crippen molar-refractivity contribution in [2.45, 2.75) is 0 Å². The first-order valence-electron chi connectivity index (χ1n) is 9.42. The van der Waals surface area contributed by atoms with Crippen molar-refractivity contribution >= 4 is 40.0 Å². The first-order valence-corrected chi connectivity index (χ1v) is 9.42. The molecule has 152 valence electrons. The fourth-order valence-electron chi connectivity index (χ4n) is 2.72. The van der Waals surface area contributed by atoms with Crippen molar-refractivity contribution in [1.82, 2.24) is 9.97 Å². The van der Waals surface area contributed by atoms with E-state index in [9.17, 15) is 9.59 Å². The van der Waals surface area contributed by atoms with Crippen LogP contribution in [0.2, 0.25) is 0 Å². The minimum absolute atomic E-state index is 0.300. The lowest BCUT2D eigenvalue weighted by molar-refractivity contribution is -0.119. The Hall–Kier alpha value is -4.46. The number of anilines is 1. The SMILES string of the molecule is O=C(COC(=O)c1ccc2nccnc2c1)Nc1ccc(N=Nc2ccccc2)cc1. The van der Waals surface area contributed by atoms with E-state index in [1.54, 1.807) is 54.9 Å². The van der Waals surface area contributed by atoms with Crippen molar-refractivity contribution in [3.63, 3.8) is 0 Å². The smallest absolute Gasteiger partial charge is 0.338 e. The molecule has 1 aromatic heterocycles. The van der Waals surface area contributed by atoms with Crippen LogP contribution in [0.1, 0.15) is 10.4 Å². The molecule has 0 atom stereocenters. The Morgan fingerprint density at radius 2 is 1.48 bits per heavy atom. The Labute approximate surface area is 177 Å². The number of carbonyl (C=O) groups is 2. The molecule has 0 aliphatic heterocycles. The number of nitrogens with one attached hydrogen (secondary N) is 1. The summed E-state index contributed by atoms with van der Waals surface area (Å²) < 4.78 is 5.09. The predicted octanol–water partition coefficient (Wildman–Crippen LogP) is 4.84. The van der Waals surface area contributed by atoms with Crippen molar-refractivity contribution in [2.75, 3.05) is 11.9 Å². The standard InChI is InChI=1S/C23H17N5O3/c29-22(15-31-23(30)16-6-11-20-21(14-16)25-13-12-24-20)26-17-7-9-19(10-8-17)28-27-18-4-2-1-3-5-18/h1-14H,15H2,(H,26,29). The largest absolute Gasteiger partial charge is 0.452 e. The molecule has 8 nitrogen and oxygen atoms in total. The van der Waals surface area contributed by atoms with Gasteiger partial charge in [-0.3, -0.25) is 14.8 Å². The highest BCUT2D eigenvalue weighted by Gasteiger charge is 2.11. The number of benzene rings is 3. The molecule has 0 spiro atoms. The van der Waals surface area contributed by atoms with Gasteiger partial charge in [0.2, 0.25) is 0 Å². The second kappa shape index (κ2) is 9.36. The third-order valence-electron chi connectivity index (χ3n) is 4.23. The molecule has 0 aliphatic rings. The molecule has 3 aromatic carbocycles. The average Bonchev–Trinajstić information content (AvgIpc) is 2.82. The van der Waals surface area contributed by atoms with Crippen LogP contribution in [-0.4, -0.2) is 28.5 Å². The van der Waals surface area contributed by atoms with Gasteiger partial charge in [-0.15, -0.1) is 0 Å². The predicted molar refractivity (Wildman–Crippen MR) is 116 cm³/mol. The molecule has 1 amide bonds. The number of nitrogens with zero attached hydrogens (tertiary/aromatic N) is 4. The van der Waals surface area contributed by atoms with Crippen molar-refractivity contribution < 1.29 is 14.3 Å². The highest BCUT2D eigenvalue weighted by molar-refractivity contribution is 5.97. The lowest BCUT2D eigenvalue weighted by Gasteiger charge is -2.07. The van der Waals surface area contributed by atoms with E-state index in [1.807, 2.05) is 30.3 Å². The van der Waals surface area contributed by atoms with Crippen LogP contribution in [0.25, 0.3) is 11.0 Å². The maximum absolute atomic E-state index is 12.2. The Balaban J connectivity index is 1.30. The number of hydrogen-bond donors (Lipinski definition) is 1. The molecular weight excluding hydrogens is 394 g/mol. The molecule has 8 heteroatoms. The van der Waals surface area contributed by atoms with E-state index in [-0.39, 0.29) is 0 Å². The van der Waals surface area contributed by atoms with Crippen molar-refractivity contribution in [2.24, 2.45) is 10.2 Å². The highest BCUT2D eigenvalue weighted by Crippen LogP contribution is 2.20. The van der Waals surface area contributed by atoms with Crippen LogP contribution in [0.3, 0.4) is 0 Å². The van der Waals surface area contributed by atoms with Gasteiger partial charge in [-0.2, -0.15) is 10.2 Å². The summed E-state index contributed by atoms with van der Waals surface area (Å²) in [5.74, 6) is -1.06. The summed E-state index contributed by atoms with van der Waals surface area (Å²) in [6, 6.07) is 21.1. The second-order valence-electron chi connectivity index (χ2n) is 6.47. The van der Waals surface area contributed by atoms with Crippen molar-refractivity contribution in [3.8, 4) is 0 Å². The maximum Gasteiger partial charge on any atom is 0.338 e. The molecule has 31 heavy (non-hydrogen) atoms. The topological polar surface area (TPSA) is 106 Å². The van der Waals surface area contributed by atoms with Crippen LogP contribution in [0.15, 0.2) is 95.4 Å². The molecule has 0 bridgehead atoms. The average molecular weight is 411 g/mol. The Kier molecular flexibility index (Phi) is 5.99. The Morgan fingerprint density at radius 3 is 2.23 bits per heavy atom. The molecule has 0 saturated heterocycles. The summed E-state index contributed by atoms with van der Waals surface area (Å²) >= 11 is 0. The van der Waals surface area contributed by atoms with Crippen molar-refractivity contribution in [1.29, 1.82) is 0 Å². The van der Waals surface area contributed by atoms with Gasteiger partial charge < -0.3 is 10.1 Å². The molecule has 0 aliphatic carbocycles. The summed E-state index contributed by atoms with van der Waals surface area (Å²) in [4.78, 5) is 32.6. The van der Waals surface area contributed by atoms with E-state index in [0.717, 1.165) is 5.69 Å². The number of aromatic nitrogens is 2. The van der Waals surface area contributed by atoms with E-state index in [2.05, 4.69) is 25.5 Å². The third-order valence-corrected chi connectivity index (χ3v) is 4.23. The number of esters is 1. The fraction of sp³-hybridized carbons (Fsp3) is 0.0435. The van der Waals surface area contributed by atoms with E-state index < -0.39 is 18.5 Å². The summed E-state index contributed by atoms with van der Waals surface area (Å²) in [6.45, 7) is -0.410. The molecule has 1 heterocycles. The number of amides is 1. The number of fused-ring (bicyclic) bond motifs is 1. The molecule has 4 rings (SSSR count). The molecule has 0 unspecified atom stereocenters. The normalized spacial score (nSPS) is 10.8. The minimum Gasteiger partial charge on any atom is -0.452 e. The molecule has 0 saturated carbocycles. The third kappa shape index (κ3) is 5.33. The lowest BCUT2D eigenvalue weighted by Crippen LogP contribution is -2.20.